The van der Waals surface area contributed by atoms with Crippen molar-refractivity contribution in [3.8, 4) is 11.1 Å². The molecule has 0 unspecified atom stereocenters. The second-order valence-electron chi connectivity index (χ2n) is 9.69. The molecule has 9 nitrogen and oxygen atoms in total. The minimum absolute atomic E-state index is 0.00591. The molecule has 3 aromatic rings. The Hall–Kier alpha value is -3.31. The molecule has 3 N–H and O–H groups in total. The van der Waals surface area contributed by atoms with Gasteiger partial charge in [0.05, 0.1) is 4.90 Å². The van der Waals surface area contributed by atoms with Gasteiger partial charge in [0.2, 0.25) is 0 Å². The normalized spacial score (nSPS) is 13.9. The number of carboxylic acid groups (broad SMARTS) is 1. The summed E-state index contributed by atoms with van der Waals surface area (Å²) in [6.07, 6.45) is 7.67. The third kappa shape index (κ3) is 6.83. The average Bonchev–Trinajstić information content (AvgIpc) is 3.56. The van der Waals surface area contributed by atoms with Crippen LogP contribution in [0.4, 0.5) is 4.79 Å². The second kappa shape index (κ2) is 12.7. The molecular weight excluding hydrogens is 536 g/mol. The van der Waals surface area contributed by atoms with E-state index in [0.717, 1.165) is 43.5 Å². The molecule has 1 aliphatic carbocycles. The van der Waals surface area contributed by atoms with Gasteiger partial charge in [-0.3, -0.25) is 0 Å². The van der Waals surface area contributed by atoms with E-state index in [1.807, 2.05) is 25.3 Å². The van der Waals surface area contributed by atoms with E-state index in [2.05, 4.69) is 15.0 Å². The Morgan fingerprint density at radius 3 is 2.44 bits per heavy atom. The zero-order valence-corrected chi connectivity index (χ0v) is 23.8. The predicted octanol–water partition coefficient (Wildman–Crippen LogP) is 5.15. The van der Waals surface area contributed by atoms with Crippen LogP contribution in [0.3, 0.4) is 0 Å². The van der Waals surface area contributed by atoms with E-state index in [-0.39, 0.29) is 10.6 Å². The van der Waals surface area contributed by atoms with Crippen molar-refractivity contribution in [2.24, 2.45) is 5.92 Å². The Morgan fingerprint density at radius 1 is 1.10 bits per heavy atom. The van der Waals surface area contributed by atoms with E-state index in [1.165, 1.54) is 17.8 Å². The quantitative estimate of drug-likeness (QED) is 0.272. The Kier molecular flexibility index (Phi) is 9.34. The van der Waals surface area contributed by atoms with Crippen molar-refractivity contribution in [2.75, 3.05) is 12.8 Å². The topological polar surface area (TPSA) is 130 Å². The number of carboxylic acids is 1. The first kappa shape index (κ1) is 28.7. The molecule has 0 saturated heterocycles. The molecule has 208 valence electrons. The molecule has 0 atom stereocenters. The van der Waals surface area contributed by atoms with E-state index < -0.39 is 22.0 Å². The van der Waals surface area contributed by atoms with E-state index in [0.29, 0.717) is 41.6 Å². The Balaban J connectivity index is 1.54. The number of amides is 2. The maximum atomic E-state index is 13.1. The number of aryl methyl sites for hydroxylation is 1. The largest absolute Gasteiger partial charge is 0.476 e. The molecule has 0 spiro atoms. The van der Waals surface area contributed by atoms with Crippen molar-refractivity contribution in [3.63, 3.8) is 0 Å². The monoisotopic (exact) mass is 570 g/mol. The van der Waals surface area contributed by atoms with Gasteiger partial charge in [-0.25, -0.2) is 27.7 Å². The van der Waals surface area contributed by atoms with Crippen LogP contribution in [0.1, 0.15) is 60.9 Å². The summed E-state index contributed by atoms with van der Waals surface area (Å²) in [5.41, 5.74) is 2.15. The van der Waals surface area contributed by atoms with Gasteiger partial charge in [0.25, 0.3) is 10.0 Å². The highest BCUT2D eigenvalue weighted by Gasteiger charge is 2.24. The lowest BCUT2D eigenvalue weighted by atomic mass is 10.0. The number of hydrogen-bond acceptors (Lipinski definition) is 6. The molecule has 1 aliphatic rings. The first-order valence-electron chi connectivity index (χ1n) is 13.1. The SMILES string of the molecule is CCCc1nc(SC)c(C(=O)O)n1Cc1ccc(-c2ccccc2S(=O)(=O)NC(=O)NCC2CCCC2)cc1. The number of nitrogens with one attached hydrogen (secondary N) is 2. The summed E-state index contributed by atoms with van der Waals surface area (Å²) < 4.78 is 30.1. The van der Waals surface area contributed by atoms with Crippen LogP contribution in [-0.4, -0.2) is 47.9 Å². The molecule has 4 rings (SSSR count). The van der Waals surface area contributed by atoms with Crippen molar-refractivity contribution in [2.45, 2.75) is 61.9 Å². The number of imidazole rings is 1. The van der Waals surface area contributed by atoms with E-state index in [4.69, 9.17) is 0 Å². The predicted molar refractivity (Wildman–Crippen MR) is 152 cm³/mol. The number of benzene rings is 2. The fraction of sp³-hybridized carbons (Fsp3) is 0.393. The number of sulfonamides is 1. The highest BCUT2D eigenvalue weighted by molar-refractivity contribution is 7.98. The number of carbonyl (C=O) groups excluding carboxylic acids is 1. The number of hydrogen-bond donors (Lipinski definition) is 3. The third-order valence-electron chi connectivity index (χ3n) is 6.92. The van der Waals surface area contributed by atoms with Gasteiger partial charge in [-0.1, -0.05) is 62.2 Å². The lowest BCUT2D eigenvalue weighted by Crippen LogP contribution is -2.41. The van der Waals surface area contributed by atoms with Crippen LogP contribution in [0.25, 0.3) is 11.1 Å². The average molecular weight is 571 g/mol. The van der Waals surface area contributed by atoms with Crippen molar-refractivity contribution < 1.29 is 23.1 Å². The number of carbonyl (C=O) groups is 2. The molecule has 1 fully saturated rings. The van der Waals surface area contributed by atoms with Crippen molar-refractivity contribution >= 4 is 33.8 Å². The standard InChI is InChI=1S/C28H34N4O5S2/c1-3-8-24-30-26(38-2)25(27(33)34)32(24)18-20-13-15-21(16-14-20)22-11-6-7-12-23(22)39(36,37)31-28(35)29-17-19-9-4-5-10-19/h6-7,11-16,19H,3-5,8-10,17-18H2,1-2H3,(H,33,34)(H2,29,31,35). The van der Waals surface area contributed by atoms with Gasteiger partial charge < -0.3 is 15.0 Å². The van der Waals surface area contributed by atoms with Crippen LogP contribution in [0.5, 0.6) is 0 Å². The highest BCUT2D eigenvalue weighted by atomic mass is 32.2. The molecule has 2 aromatic carbocycles. The third-order valence-corrected chi connectivity index (χ3v) is 8.98. The fourth-order valence-electron chi connectivity index (χ4n) is 4.99. The molecule has 2 amide bonds. The molecule has 0 aliphatic heterocycles. The van der Waals surface area contributed by atoms with Gasteiger partial charge in [0, 0.05) is 25.1 Å². The maximum Gasteiger partial charge on any atom is 0.355 e. The summed E-state index contributed by atoms with van der Waals surface area (Å²) in [4.78, 5) is 28.9. The molecule has 1 saturated carbocycles. The molecule has 1 aromatic heterocycles. The fourth-order valence-corrected chi connectivity index (χ4v) is 6.73. The second-order valence-corrected chi connectivity index (χ2v) is 12.1. The van der Waals surface area contributed by atoms with E-state index in [1.54, 1.807) is 34.9 Å². The van der Waals surface area contributed by atoms with E-state index >= 15 is 0 Å². The van der Waals surface area contributed by atoms with Gasteiger partial charge in [0.15, 0.2) is 5.69 Å². The first-order chi connectivity index (χ1) is 18.7. The number of urea groups is 1. The van der Waals surface area contributed by atoms with Crippen molar-refractivity contribution in [3.05, 3.63) is 65.6 Å². The molecule has 11 heteroatoms. The molecule has 0 radical (unpaired) electrons. The lowest BCUT2D eigenvalue weighted by Gasteiger charge is -2.15. The minimum atomic E-state index is -4.11. The Morgan fingerprint density at radius 2 is 1.79 bits per heavy atom. The van der Waals surface area contributed by atoms with Gasteiger partial charge in [-0.05, 0) is 48.6 Å². The number of aromatic carboxylic acids is 1. The zero-order valence-electron chi connectivity index (χ0n) is 22.1. The van der Waals surface area contributed by atoms with Crippen LogP contribution in [0.15, 0.2) is 58.5 Å². The number of rotatable bonds is 11. The zero-order chi connectivity index (χ0) is 28.0. The molecule has 39 heavy (non-hydrogen) atoms. The van der Waals surface area contributed by atoms with Crippen LogP contribution in [0.2, 0.25) is 0 Å². The number of aromatic nitrogens is 2. The van der Waals surface area contributed by atoms with Crippen LogP contribution < -0.4 is 10.0 Å². The summed E-state index contributed by atoms with van der Waals surface area (Å²) in [5, 5.41) is 13.0. The van der Waals surface area contributed by atoms with Crippen molar-refractivity contribution in [1.82, 2.24) is 19.6 Å². The summed E-state index contributed by atoms with van der Waals surface area (Å²) in [6, 6.07) is 13.1. The first-order valence-corrected chi connectivity index (χ1v) is 15.8. The van der Waals surface area contributed by atoms with Crippen molar-refractivity contribution in [1.29, 1.82) is 0 Å². The lowest BCUT2D eigenvalue weighted by molar-refractivity contribution is 0.0681. The van der Waals surface area contributed by atoms with Gasteiger partial charge in [-0.15, -0.1) is 11.8 Å². The van der Waals surface area contributed by atoms with Gasteiger partial charge in [-0.2, -0.15) is 0 Å². The van der Waals surface area contributed by atoms with Crippen LogP contribution in [-0.2, 0) is 23.0 Å². The summed E-state index contributed by atoms with van der Waals surface area (Å²) in [6.45, 7) is 2.81. The van der Waals surface area contributed by atoms with Gasteiger partial charge >= 0.3 is 12.0 Å². The minimum Gasteiger partial charge on any atom is -0.476 e. The highest BCUT2D eigenvalue weighted by Crippen LogP contribution is 2.29. The molecule has 0 bridgehead atoms. The van der Waals surface area contributed by atoms with E-state index in [9.17, 15) is 23.1 Å². The maximum absolute atomic E-state index is 13.1. The number of thioether (sulfide) groups is 1. The Labute approximate surface area is 233 Å². The smallest absolute Gasteiger partial charge is 0.355 e. The molecular formula is C28H34N4O5S2. The van der Waals surface area contributed by atoms with Crippen LogP contribution in [0, 0.1) is 5.92 Å². The Bertz CT molecular complexity index is 1430. The summed E-state index contributed by atoms with van der Waals surface area (Å²) >= 11 is 1.31. The summed E-state index contributed by atoms with van der Waals surface area (Å²) in [7, 11) is -4.11. The molecule has 1 heterocycles. The summed E-state index contributed by atoms with van der Waals surface area (Å²) in [5.74, 6) is 0.0882. The number of nitrogens with zero attached hydrogens (tertiary/aromatic N) is 2. The van der Waals surface area contributed by atoms with Crippen LogP contribution >= 0.6 is 11.8 Å². The van der Waals surface area contributed by atoms with Gasteiger partial charge in [0.1, 0.15) is 10.9 Å².